The Labute approximate surface area is 109 Å². The van der Waals surface area contributed by atoms with E-state index in [9.17, 15) is 0 Å². The molecule has 2 rings (SSSR count). The SMILES string of the molecule is C=CCCCN(c1ccccc1)c1ccccc1. The van der Waals surface area contributed by atoms with Crippen LogP contribution in [0.5, 0.6) is 0 Å². The molecule has 0 spiro atoms. The predicted octanol–water partition coefficient (Wildman–Crippen LogP) is 4.79. The molecule has 0 aliphatic rings. The first-order chi connectivity index (χ1) is 8.92. The van der Waals surface area contributed by atoms with Gasteiger partial charge in [-0.3, -0.25) is 0 Å². The number of benzene rings is 2. The first kappa shape index (κ1) is 12.4. The maximum atomic E-state index is 3.78. The first-order valence-corrected chi connectivity index (χ1v) is 6.40. The molecule has 92 valence electrons. The molecule has 18 heavy (non-hydrogen) atoms. The molecule has 0 radical (unpaired) electrons. The van der Waals surface area contributed by atoms with Crippen LogP contribution < -0.4 is 4.90 Å². The van der Waals surface area contributed by atoms with Crippen LogP contribution in [0.3, 0.4) is 0 Å². The molecule has 0 atom stereocenters. The van der Waals surface area contributed by atoms with E-state index in [4.69, 9.17) is 0 Å². The van der Waals surface area contributed by atoms with Gasteiger partial charge in [0.15, 0.2) is 0 Å². The fraction of sp³-hybridized carbons (Fsp3) is 0.176. The van der Waals surface area contributed by atoms with Gasteiger partial charge in [-0.1, -0.05) is 42.5 Å². The van der Waals surface area contributed by atoms with Crippen LogP contribution in [-0.2, 0) is 0 Å². The highest BCUT2D eigenvalue weighted by Crippen LogP contribution is 2.25. The van der Waals surface area contributed by atoms with Crippen LogP contribution in [0.4, 0.5) is 11.4 Å². The minimum Gasteiger partial charge on any atom is -0.341 e. The van der Waals surface area contributed by atoms with Gasteiger partial charge in [0.2, 0.25) is 0 Å². The largest absolute Gasteiger partial charge is 0.341 e. The van der Waals surface area contributed by atoms with Crippen LogP contribution in [0.1, 0.15) is 12.8 Å². The highest BCUT2D eigenvalue weighted by atomic mass is 15.1. The molecule has 0 unspecified atom stereocenters. The first-order valence-electron chi connectivity index (χ1n) is 6.40. The molecule has 0 bridgehead atoms. The fourth-order valence-electron chi connectivity index (χ4n) is 2.02. The number of rotatable bonds is 6. The van der Waals surface area contributed by atoms with Gasteiger partial charge in [-0.2, -0.15) is 0 Å². The molecule has 1 nitrogen and oxygen atoms in total. The lowest BCUT2D eigenvalue weighted by Gasteiger charge is -2.24. The lowest BCUT2D eigenvalue weighted by molar-refractivity contribution is 0.826. The van der Waals surface area contributed by atoms with Crippen molar-refractivity contribution in [3.05, 3.63) is 73.3 Å². The summed E-state index contributed by atoms with van der Waals surface area (Å²) in [6.45, 7) is 4.80. The molecule has 2 aromatic carbocycles. The Morgan fingerprint density at radius 2 is 1.33 bits per heavy atom. The minimum absolute atomic E-state index is 1.01. The number of anilines is 2. The van der Waals surface area contributed by atoms with E-state index in [1.807, 2.05) is 6.08 Å². The van der Waals surface area contributed by atoms with Gasteiger partial charge in [0.05, 0.1) is 0 Å². The van der Waals surface area contributed by atoms with Gasteiger partial charge in [-0.25, -0.2) is 0 Å². The number of allylic oxidation sites excluding steroid dienone is 1. The standard InChI is InChI=1S/C17H19N/c1-2-3-10-15-18(16-11-6-4-7-12-16)17-13-8-5-9-14-17/h2,4-9,11-14H,1,3,10,15H2. The highest BCUT2D eigenvalue weighted by molar-refractivity contribution is 5.62. The summed E-state index contributed by atoms with van der Waals surface area (Å²) < 4.78 is 0. The van der Waals surface area contributed by atoms with Gasteiger partial charge < -0.3 is 4.90 Å². The van der Waals surface area contributed by atoms with Crippen molar-refractivity contribution >= 4 is 11.4 Å². The number of unbranched alkanes of at least 4 members (excludes halogenated alkanes) is 1. The highest BCUT2D eigenvalue weighted by Gasteiger charge is 2.07. The smallest absolute Gasteiger partial charge is 0.0410 e. The molecule has 1 heteroatoms. The zero-order chi connectivity index (χ0) is 12.6. The quantitative estimate of drug-likeness (QED) is 0.515. The zero-order valence-corrected chi connectivity index (χ0v) is 10.6. The van der Waals surface area contributed by atoms with E-state index in [2.05, 4.69) is 72.1 Å². The molecule has 0 saturated heterocycles. The Hall–Kier alpha value is -2.02. The zero-order valence-electron chi connectivity index (χ0n) is 10.6. The summed E-state index contributed by atoms with van der Waals surface area (Å²) in [6, 6.07) is 21.0. The fourth-order valence-corrected chi connectivity index (χ4v) is 2.02. The van der Waals surface area contributed by atoms with Crippen LogP contribution in [-0.4, -0.2) is 6.54 Å². The maximum absolute atomic E-state index is 3.78. The van der Waals surface area contributed by atoms with Crippen molar-refractivity contribution in [2.24, 2.45) is 0 Å². The summed E-state index contributed by atoms with van der Waals surface area (Å²) in [5.74, 6) is 0. The Bertz CT molecular complexity index is 422. The third kappa shape index (κ3) is 3.24. The van der Waals surface area contributed by atoms with Crippen molar-refractivity contribution in [2.45, 2.75) is 12.8 Å². The van der Waals surface area contributed by atoms with E-state index in [1.165, 1.54) is 11.4 Å². The van der Waals surface area contributed by atoms with E-state index in [0.29, 0.717) is 0 Å². The van der Waals surface area contributed by atoms with Gasteiger partial charge in [0.1, 0.15) is 0 Å². The molecular weight excluding hydrogens is 218 g/mol. The van der Waals surface area contributed by atoms with Crippen LogP contribution >= 0.6 is 0 Å². The third-order valence-corrected chi connectivity index (χ3v) is 2.93. The van der Waals surface area contributed by atoms with Crippen molar-refractivity contribution in [2.75, 3.05) is 11.4 Å². The summed E-state index contributed by atoms with van der Waals surface area (Å²) in [4.78, 5) is 2.35. The van der Waals surface area contributed by atoms with Gasteiger partial charge >= 0.3 is 0 Å². The molecule has 0 aliphatic heterocycles. The second-order valence-electron chi connectivity index (χ2n) is 4.25. The van der Waals surface area contributed by atoms with E-state index >= 15 is 0 Å². The summed E-state index contributed by atoms with van der Waals surface area (Å²) in [5, 5.41) is 0. The number of para-hydroxylation sites is 2. The molecule has 2 aromatic rings. The van der Waals surface area contributed by atoms with Gasteiger partial charge in [-0.15, -0.1) is 6.58 Å². The van der Waals surface area contributed by atoms with Crippen LogP contribution in [0.25, 0.3) is 0 Å². The monoisotopic (exact) mass is 237 g/mol. The second-order valence-corrected chi connectivity index (χ2v) is 4.25. The lowest BCUT2D eigenvalue weighted by atomic mass is 10.2. The molecule has 0 heterocycles. The lowest BCUT2D eigenvalue weighted by Crippen LogP contribution is -2.18. The van der Waals surface area contributed by atoms with Crippen molar-refractivity contribution in [3.8, 4) is 0 Å². The van der Waals surface area contributed by atoms with E-state index in [-0.39, 0.29) is 0 Å². The molecule has 0 N–H and O–H groups in total. The van der Waals surface area contributed by atoms with Crippen LogP contribution in [0.15, 0.2) is 73.3 Å². The number of hydrogen-bond acceptors (Lipinski definition) is 1. The van der Waals surface area contributed by atoms with Gasteiger partial charge in [-0.05, 0) is 37.1 Å². The Morgan fingerprint density at radius 3 is 1.78 bits per heavy atom. The van der Waals surface area contributed by atoms with Gasteiger partial charge in [0.25, 0.3) is 0 Å². The van der Waals surface area contributed by atoms with E-state index in [0.717, 1.165) is 19.4 Å². The molecule has 0 aliphatic carbocycles. The maximum Gasteiger partial charge on any atom is 0.0410 e. The predicted molar refractivity (Wildman–Crippen MR) is 79.3 cm³/mol. The van der Waals surface area contributed by atoms with Crippen LogP contribution in [0.2, 0.25) is 0 Å². The molecule has 0 aromatic heterocycles. The number of hydrogen-bond donors (Lipinski definition) is 0. The van der Waals surface area contributed by atoms with Crippen molar-refractivity contribution in [1.82, 2.24) is 0 Å². The third-order valence-electron chi connectivity index (χ3n) is 2.93. The second kappa shape index (κ2) is 6.65. The normalized spacial score (nSPS) is 10.0. The summed E-state index contributed by atoms with van der Waals surface area (Å²) in [6.07, 6.45) is 4.15. The molecule has 0 amide bonds. The minimum atomic E-state index is 1.01. The van der Waals surface area contributed by atoms with Crippen molar-refractivity contribution in [3.63, 3.8) is 0 Å². The molecule has 0 saturated carbocycles. The average Bonchev–Trinajstić information content (AvgIpc) is 2.46. The molecular formula is C17H19N. The van der Waals surface area contributed by atoms with E-state index < -0.39 is 0 Å². The summed E-state index contributed by atoms with van der Waals surface area (Å²) in [5.41, 5.74) is 2.49. The van der Waals surface area contributed by atoms with Crippen molar-refractivity contribution in [1.29, 1.82) is 0 Å². The Balaban J connectivity index is 2.21. The summed E-state index contributed by atoms with van der Waals surface area (Å²) >= 11 is 0. The van der Waals surface area contributed by atoms with Crippen LogP contribution in [0, 0.1) is 0 Å². The average molecular weight is 237 g/mol. The number of nitrogens with zero attached hydrogens (tertiary/aromatic N) is 1. The molecule has 0 fully saturated rings. The van der Waals surface area contributed by atoms with Gasteiger partial charge in [0, 0.05) is 17.9 Å². The Kier molecular flexibility index (Phi) is 4.60. The van der Waals surface area contributed by atoms with Crippen molar-refractivity contribution < 1.29 is 0 Å². The topological polar surface area (TPSA) is 3.24 Å². The Morgan fingerprint density at radius 1 is 0.833 bits per heavy atom. The van der Waals surface area contributed by atoms with E-state index in [1.54, 1.807) is 0 Å². The summed E-state index contributed by atoms with van der Waals surface area (Å²) in [7, 11) is 0.